The molecule has 0 aliphatic carbocycles. The van der Waals surface area contributed by atoms with E-state index in [9.17, 15) is 4.79 Å². The van der Waals surface area contributed by atoms with E-state index >= 15 is 0 Å². The summed E-state index contributed by atoms with van der Waals surface area (Å²) in [5.41, 5.74) is 6.22. The molecular weight excluding hydrogens is 232 g/mol. The highest BCUT2D eigenvalue weighted by atomic mass is 16.5. The van der Waals surface area contributed by atoms with Crippen LogP contribution in [0.1, 0.15) is 15.9 Å². The van der Waals surface area contributed by atoms with Crippen molar-refractivity contribution in [1.29, 1.82) is 0 Å². The van der Waals surface area contributed by atoms with Crippen LogP contribution in [0.25, 0.3) is 0 Å². The van der Waals surface area contributed by atoms with Crippen molar-refractivity contribution < 1.29 is 14.6 Å². The van der Waals surface area contributed by atoms with E-state index in [0.29, 0.717) is 5.75 Å². The number of aromatic nitrogens is 1. The normalized spacial score (nSPS) is 10.1. The average Bonchev–Trinajstić information content (AvgIpc) is 2.40. The number of aliphatic hydroxyl groups is 1. The Morgan fingerprint density at radius 2 is 2.00 bits per heavy atom. The van der Waals surface area contributed by atoms with Gasteiger partial charge in [-0.3, -0.25) is 4.79 Å². The summed E-state index contributed by atoms with van der Waals surface area (Å²) in [4.78, 5) is 15.1. The van der Waals surface area contributed by atoms with Crippen molar-refractivity contribution in [1.82, 2.24) is 4.98 Å². The van der Waals surface area contributed by atoms with Crippen molar-refractivity contribution in [2.75, 3.05) is 0 Å². The van der Waals surface area contributed by atoms with Crippen LogP contribution >= 0.6 is 0 Å². The second-order valence-corrected chi connectivity index (χ2v) is 3.62. The second-order valence-electron chi connectivity index (χ2n) is 3.62. The van der Waals surface area contributed by atoms with Crippen LogP contribution in [0.15, 0.2) is 42.6 Å². The summed E-state index contributed by atoms with van der Waals surface area (Å²) in [6, 6.07) is 9.98. The summed E-state index contributed by atoms with van der Waals surface area (Å²) >= 11 is 0. The smallest absolute Gasteiger partial charge is 0.254 e. The largest absolute Gasteiger partial charge is 0.438 e. The van der Waals surface area contributed by atoms with Gasteiger partial charge in [-0.1, -0.05) is 12.1 Å². The molecule has 0 radical (unpaired) electrons. The van der Waals surface area contributed by atoms with Gasteiger partial charge in [0.25, 0.3) is 5.91 Å². The third-order valence-corrected chi connectivity index (χ3v) is 2.36. The highest BCUT2D eigenvalue weighted by Gasteiger charge is 2.10. The van der Waals surface area contributed by atoms with Crippen LogP contribution in [0.3, 0.4) is 0 Å². The number of hydrogen-bond donors (Lipinski definition) is 2. The van der Waals surface area contributed by atoms with Gasteiger partial charge < -0.3 is 15.6 Å². The number of pyridine rings is 1. The minimum Gasteiger partial charge on any atom is -0.438 e. The topological polar surface area (TPSA) is 85.4 Å². The summed E-state index contributed by atoms with van der Waals surface area (Å²) in [5, 5.41) is 8.92. The summed E-state index contributed by atoms with van der Waals surface area (Å²) < 4.78 is 5.48. The van der Waals surface area contributed by atoms with E-state index in [1.54, 1.807) is 36.4 Å². The first kappa shape index (κ1) is 12.1. The van der Waals surface area contributed by atoms with Crippen LogP contribution in [0.5, 0.6) is 11.6 Å². The molecule has 1 aromatic heterocycles. The van der Waals surface area contributed by atoms with Gasteiger partial charge in [-0.05, 0) is 29.8 Å². The van der Waals surface area contributed by atoms with Crippen LogP contribution < -0.4 is 10.5 Å². The molecule has 0 unspecified atom stereocenters. The maximum Gasteiger partial charge on any atom is 0.254 e. The van der Waals surface area contributed by atoms with Gasteiger partial charge in [0.1, 0.15) is 11.3 Å². The monoisotopic (exact) mass is 244 g/mol. The molecule has 1 amide bonds. The first-order valence-electron chi connectivity index (χ1n) is 5.33. The molecule has 5 nitrogen and oxygen atoms in total. The number of nitrogens with two attached hydrogens (primary N) is 1. The van der Waals surface area contributed by atoms with Crippen LogP contribution in [-0.4, -0.2) is 16.0 Å². The molecule has 0 fully saturated rings. The summed E-state index contributed by atoms with van der Waals surface area (Å²) in [6.07, 6.45) is 1.52. The van der Waals surface area contributed by atoms with Gasteiger partial charge in [-0.25, -0.2) is 4.98 Å². The lowest BCUT2D eigenvalue weighted by Crippen LogP contribution is -2.12. The van der Waals surface area contributed by atoms with E-state index in [1.165, 1.54) is 6.20 Å². The average molecular weight is 244 g/mol. The lowest BCUT2D eigenvalue weighted by molar-refractivity contribution is 0.0997. The number of carbonyl (C=O) groups excluding carboxylic acids is 1. The van der Waals surface area contributed by atoms with Crippen molar-refractivity contribution in [2.24, 2.45) is 5.73 Å². The number of aliphatic hydroxyl groups excluding tert-OH is 1. The Kier molecular flexibility index (Phi) is 3.54. The third kappa shape index (κ3) is 2.64. The number of nitrogens with zero attached hydrogens (tertiary/aromatic N) is 1. The fourth-order valence-electron chi connectivity index (χ4n) is 1.43. The molecule has 0 aliphatic heterocycles. The maximum absolute atomic E-state index is 11.2. The van der Waals surface area contributed by atoms with Crippen molar-refractivity contribution in [2.45, 2.75) is 6.61 Å². The number of hydrogen-bond acceptors (Lipinski definition) is 4. The number of amides is 1. The number of carbonyl (C=O) groups is 1. The molecule has 0 saturated carbocycles. The maximum atomic E-state index is 11.2. The van der Waals surface area contributed by atoms with Crippen LogP contribution in [-0.2, 0) is 6.61 Å². The molecule has 0 aliphatic rings. The lowest BCUT2D eigenvalue weighted by Gasteiger charge is -2.07. The Morgan fingerprint density at radius 3 is 2.61 bits per heavy atom. The molecule has 18 heavy (non-hydrogen) atoms. The Hall–Kier alpha value is -2.40. The Labute approximate surface area is 104 Å². The quantitative estimate of drug-likeness (QED) is 0.852. The second kappa shape index (κ2) is 5.29. The fraction of sp³-hybridized carbons (Fsp3) is 0.0769. The zero-order valence-corrected chi connectivity index (χ0v) is 9.54. The van der Waals surface area contributed by atoms with Crippen molar-refractivity contribution in [3.8, 4) is 11.6 Å². The fourth-order valence-corrected chi connectivity index (χ4v) is 1.43. The molecule has 92 valence electrons. The van der Waals surface area contributed by atoms with E-state index in [4.69, 9.17) is 15.6 Å². The zero-order chi connectivity index (χ0) is 13.0. The Bertz CT molecular complexity index is 552. The first-order valence-corrected chi connectivity index (χ1v) is 5.33. The number of benzene rings is 1. The van der Waals surface area contributed by atoms with Crippen molar-refractivity contribution in [3.05, 3.63) is 53.7 Å². The van der Waals surface area contributed by atoms with Gasteiger partial charge in [0.05, 0.1) is 6.61 Å². The summed E-state index contributed by atoms with van der Waals surface area (Å²) in [6.45, 7) is -0.0313. The predicted molar refractivity (Wildman–Crippen MR) is 65.2 cm³/mol. The van der Waals surface area contributed by atoms with Crippen molar-refractivity contribution in [3.63, 3.8) is 0 Å². The van der Waals surface area contributed by atoms with Gasteiger partial charge in [0, 0.05) is 6.20 Å². The van der Waals surface area contributed by atoms with E-state index in [1.807, 2.05) is 0 Å². The van der Waals surface area contributed by atoms with E-state index in [2.05, 4.69) is 4.98 Å². The SMILES string of the molecule is NC(=O)c1cccnc1Oc1ccc(CO)cc1. The molecule has 0 bridgehead atoms. The van der Waals surface area contributed by atoms with Crippen molar-refractivity contribution >= 4 is 5.91 Å². The highest BCUT2D eigenvalue weighted by Crippen LogP contribution is 2.22. The third-order valence-electron chi connectivity index (χ3n) is 2.36. The molecule has 0 atom stereocenters. The molecule has 2 aromatic rings. The zero-order valence-electron chi connectivity index (χ0n) is 9.54. The molecule has 3 N–H and O–H groups in total. The van der Waals surface area contributed by atoms with Gasteiger partial charge in [0.15, 0.2) is 0 Å². The first-order chi connectivity index (χ1) is 8.70. The van der Waals surface area contributed by atoms with Gasteiger partial charge in [-0.2, -0.15) is 0 Å². The minimum absolute atomic E-state index is 0.0313. The molecule has 2 rings (SSSR count). The molecule has 0 spiro atoms. The summed E-state index contributed by atoms with van der Waals surface area (Å²) in [5.74, 6) is 0.0974. The Balaban J connectivity index is 2.25. The number of ether oxygens (including phenoxy) is 1. The Morgan fingerprint density at radius 1 is 1.28 bits per heavy atom. The summed E-state index contributed by atoms with van der Waals surface area (Å²) in [7, 11) is 0. The van der Waals surface area contributed by atoms with Crippen LogP contribution in [0.4, 0.5) is 0 Å². The predicted octanol–water partition coefficient (Wildman–Crippen LogP) is 1.47. The standard InChI is InChI=1S/C13H12N2O3/c14-12(17)11-2-1-7-15-13(11)18-10-5-3-9(8-16)4-6-10/h1-7,16H,8H2,(H2,14,17). The minimum atomic E-state index is -0.593. The molecule has 1 aromatic carbocycles. The van der Waals surface area contributed by atoms with Gasteiger partial charge in [0.2, 0.25) is 5.88 Å². The molecule has 1 heterocycles. The number of primary amides is 1. The molecule has 0 saturated heterocycles. The number of rotatable bonds is 4. The highest BCUT2D eigenvalue weighted by molar-refractivity contribution is 5.95. The van der Waals surface area contributed by atoms with Crippen LogP contribution in [0.2, 0.25) is 0 Å². The molecule has 5 heteroatoms. The van der Waals surface area contributed by atoms with Gasteiger partial charge >= 0.3 is 0 Å². The molecular formula is C13H12N2O3. The van der Waals surface area contributed by atoms with E-state index in [-0.39, 0.29) is 18.1 Å². The van der Waals surface area contributed by atoms with E-state index in [0.717, 1.165) is 5.56 Å². The van der Waals surface area contributed by atoms with Crippen LogP contribution in [0, 0.1) is 0 Å². The van der Waals surface area contributed by atoms with Gasteiger partial charge in [-0.15, -0.1) is 0 Å². The lowest BCUT2D eigenvalue weighted by atomic mass is 10.2. The van der Waals surface area contributed by atoms with E-state index < -0.39 is 5.91 Å².